The van der Waals surface area contributed by atoms with E-state index in [4.69, 9.17) is 4.74 Å². The molecule has 0 bridgehead atoms. The first-order chi connectivity index (χ1) is 21.9. The van der Waals surface area contributed by atoms with E-state index in [0.29, 0.717) is 17.4 Å². The molecule has 0 spiro atoms. The Kier molecular flexibility index (Phi) is 9.45. The molecule has 1 aromatic heterocycles. The molecule has 0 radical (unpaired) electrons. The van der Waals surface area contributed by atoms with Crippen molar-refractivity contribution in [2.75, 3.05) is 51.7 Å². The third-order valence-electron chi connectivity index (χ3n) is 10.8. The van der Waals surface area contributed by atoms with E-state index < -0.39 is 0 Å². The van der Waals surface area contributed by atoms with Crippen LogP contribution in [0, 0.1) is 24.7 Å². The van der Waals surface area contributed by atoms with Gasteiger partial charge in [-0.15, -0.1) is 0 Å². The van der Waals surface area contributed by atoms with Crippen molar-refractivity contribution in [1.82, 2.24) is 25.1 Å². The van der Waals surface area contributed by atoms with Gasteiger partial charge in [0.1, 0.15) is 11.9 Å². The summed E-state index contributed by atoms with van der Waals surface area (Å²) in [5, 5.41) is 5.38. The van der Waals surface area contributed by atoms with Crippen LogP contribution in [0.25, 0.3) is 0 Å². The number of alkyl carbamates (subject to hydrolysis) is 1. The topological polar surface area (TPSA) is 91.7 Å². The number of hydrogen-bond acceptors (Lipinski definition) is 6. The summed E-state index contributed by atoms with van der Waals surface area (Å²) in [6.07, 6.45) is 8.81. The average Bonchev–Trinajstić information content (AvgIpc) is 3.70. The maximum absolute atomic E-state index is 12.5. The van der Waals surface area contributed by atoms with Gasteiger partial charge in [-0.3, -0.25) is 4.79 Å². The van der Waals surface area contributed by atoms with Gasteiger partial charge in [0.05, 0.1) is 0 Å². The number of benzene rings is 2. The van der Waals surface area contributed by atoms with Crippen LogP contribution in [0.2, 0.25) is 0 Å². The van der Waals surface area contributed by atoms with E-state index in [2.05, 4.69) is 85.6 Å². The van der Waals surface area contributed by atoms with E-state index in [-0.39, 0.29) is 29.4 Å². The normalized spacial score (nSPS) is 22.4. The molecule has 3 fully saturated rings. The van der Waals surface area contributed by atoms with Crippen LogP contribution >= 0.6 is 0 Å². The summed E-state index contributed by atoms with van der Waals surface area (Å²) >= 11 is 0. The summed E-state index contributed by atoms with van der Waals surface area (Å²) in [6, 6.07) is 19.0. The van der Waals surface area contributed by atoms with Crippen LogP contribution in [0.5, 0.6) is 0 Å². The molecule has 1 aliphatic carbocycles. The van der Waals surface area contributed by atoms with Gasteiger partial charge in [0.15, 0.2) is 0 Å². The Morgan fingerprint density at radius 1 is 0.956 bits per heavy atom. The fraction of sp³-hybridized carbons (Fsp3) is 0.528. The highest BCUT2D eigenvalue weighted by Gasteiger charge is 2.53. The van der Waals surface area contributed by atoms with Gasteiger partial charge >= 0.3 is 6.09 Å². The fourth-order valence-electron chi connectivity index (χ4n) is 8.40. The van der Waals surface area contributed by atoms with Gasteiger partial charge in [-0.1, -0.05) is 30.3 Å². The molecule has 3 heterocycles. The number of nitrogens with one attached hydrogen (secondary N) is 2. The first kappa shape index (κ1) is 31.1. The molecule has 6 rings (SSSR count). The molecule has 3 aliphatic rings. The maximum Gasteiger partial charge on any atom is 0.407 e. The SMILES string of the molecule is CNC(=O)OC1CCCC1C(Cn1ccnc1C)(c1ccccc1)C1CCN(CC2CN(c3ccc(C(=O)NC)cc3)C2)CC1. The number of imidazole rings is 1. The Morgan fingerprint density at radius 3 is 2.33 bits per heavy atom. The smallest absolute Gasteiger partial charge is 0.407 e. The van der Waals surface area contributed by atoms with Crippen molar-refractivity contribution in [3.63, 3.8) is 0 Å². The summed E-state index contributed by atoms with van der Waals surface area (Å²) in [6.45, 7) is 8.29. The maximum atomic E-state index is 12.5. The van der Waals surface area contributed by atoms with Crippen LogP contribution in [-0.4, -0.2) is 79.4 Å². The molecule has 45 heavy (non-hydrogen) atoms. The summed E-state index contributed by atoms with van der Waals surface area (Å²) < 4.78 is 8.42. The second-order valence-corrected chi connectivity index (χ2v) is 13.2. The van der Waals surface area contributed by atoms with Crippen LogP contribution < -0.4 is 15.5 Å². The van der Waals surface area contributed by atoms with Crippen LogP contribution in [-0.2, 0) is 16.7 Å². The summed E-state index contributed by atoms with van der Waals surface area (Å²) in [5.74, 6) is 2.30. The number of carbonyl (C=O) groups excluding carboxylic acids is 2. The molecule has 3 atom stereocenters. The number of carbonyl (C=O) groups is 2. The fourth-order valence-corrected chi connectivity index (χ4v) is 8.40. The Hall–Kier alpha value is -3.85. The second kappa shape index (κ2) is 13.6. The number of aryl methyl sites for hydroxylation is 1. The third kappa shape index (κ3) is 6.45. The minimum atomic E-state index is -0.334. The molecule has 2 amide bonds. The van der Waals surface area contributed by atoms with Gasteiger partial charge < -0.3 is 29.7 Å². The van der Waals surface area contributed by atoms with E-state index in [1.165, 1.54) is 11.3 Å². The third-order valence-corrected chi connectivity index (χ3v) is 10.8. The zero-order chi connectivity index (χ0) is 31.4. The highest BCUT2D eigenvalue weighted by atomic mass is 16.6. The molecular weight excluding hydrogens is 564 g/mol. The summed E-state index contributed by atoms with van der Waals surface area (Å²) in [7, 11) is 3.31. The lowest BCUT2D eigenvalue weighted by molar-refractivity contribution is 0.00180. The van der Waals surface area contributed by atoms with Crippen LogP contribution in [0.4, 0.5) is 10.5 Å². The lowest BCUT2D eigenvalue weighted by Crippen LogP contribution is -2.55. The highest BCUT2D eigenvalue weighted by molar-refractivity contribution is 5.94. The number of nitrogens with zero attached hydrogens (tertiary/aromatic N) is 4. The summed E-state index contributed by atoms with van der Waals surface area (Å²) in [5.41, 5.74) is 3.05. The second-order valence-electron chi connectivity index (χ2n) is 13.2. The van der Waals surface area contributed by atoms with E-state index >= 15 is 0 Å². The van der Waals surface area contributed by atoms with Crippen molar-refractivity contribution in [3.05, 3.63) is 83.9 Å². The minimum Gasteiger partial charge on any atom is -0.446 e. The van der Waals surface area contributed by atoms with Gasteiger partial charge in [0.25, 0.3) is 5.91 Å². The molecule has 2 N–H and O–H groups in total. The number of likely N-dealkylation sites (tertiary alicyclic amines) is 1. The van der Waals surface area contributed by atoms with Crippen LogP contribution in [0.15, 0.2) is 67.0 Å². The Balaban J connectivity index is 1.17. The first-order valence-electron chi connectivity index (χ1n) is 16.6. The molecule has 2 aliphatic heterocycles. The van der Waals surface area contributed by atoms with E-state index in [1.807, 2.05) is 18.3 Å². The number of piperidine rings is 1. The van der Waals surface area contributed by atoms with Crippen LogP contribution in [0.1, 0.15) is 53.8 Å². The Morgan fingerprint density at radius 2 is 1.69 bits per heavy atom. The summed E-state index contributed by atoms with van der Waals surface area (Å²) in [4.78, 5) is 34.1. The number of amides is 2. The van der Waals surface area contributed by atoms with E-state index in [1.54, 1.807) is 14.1 Å². The molecule has 240 valence electrons. The average molecular weight is 613 g/mol. The van der Waals surface area contributed by atoms with Crippen molar-refractivity contribution in [1.29, 1.82) is 0 Å². The van der Waals surface area contributed by atoms with E-state index in [0.717, 1.165) is 77.2 Å². The zero-order valence-corrected chi connectivity index (χ0v) is 27.0. The van der Waals surface area contributed by atoms with Gasteiger partial charge in [-0.25, -0.2) is 9.78 Å². The van der Waals surface area contributed by atoms with Crippen molar-refractivity contribution in [3.8, 4) is 0 Å². The van der Waals surface area contributed by atoms with Gasteiger partial charge in [-0.2, -0.15) is 0 Å². The van der Waals surface area contributed by atoms with Crippen molar-refractivity contribution in [2.45, 2.75) is 57.1 Å². The molecular formula is C36H48N6O3. The molecule has 3 aromatic rings. The Labute approximate surface area is 267 Å². The zero-order valence-electron chi connectivity index (χ0n) is 27.0. The molecule has 9 nitrogen and oxygen atoms in total. The molecule has 2 aromatic carbocycles. The number of hydrogen-bond donors (Lipinski definition) is 2. The van der Waals surface area contributed by atoms with Crippen molar-refractivity contribution < 1.29 is 14.3 Å². The van der Waals surface area contributed by atoms with Gasteiger partial charge in [0, 0.05) is 81.2 Å². The number of anilines is 1. The van der Waals surface area contributed by atoms with Gasteiger partial charge in [0.2, 0.25) is 0 Å². The quantitative estimate of drug-likeness (QED) is 0.340. The molecule has 2 saturated heterocycles. The first-order valence-corrected chi connectivity index (χ1v) is 16.6. The number of ether oxygens (including phenoxy) is 1. The number of rotatable bonds is 10. The predicted molar refractivity (Wildman–Crippen MR) is 176 cm³/mol. The Bertz CT molecular complexity index is 1430. The van der Waals surface area contributed by atoms with Crippen molar-refractivity contribution >= 4 is 17.7 Å². The molecule has 1 saturated carbocycles. The highest BCUT2D eigenvalue weighted by Crippen LogP contribution is 2.52. The molecule has 3 unspecified atom stereocenters. The standard InChI is InChI=1S/C36H48N6O3/c1-26-39-18-21-41(26)25-36(29-8-5-4-6-9-29,32-10-7-11-33(32)45-35(44)38-3)30-16-19-40(20-17-30)22-27-23-42(24-27)31-14-12-28(13-15-31)34(43)37-2/h4-6,8-9,12-15,18,21,27,30,32-33H,7,10-11,16-17,19-20,22-25H2,1-3H3,(H,37,43)(H,38,44). The number of aromatic nitrogens is 2. The minimum absolute atomic E-state index is 0.0506. The monoisotopic (exact) mass is 612 g/mol. The van der Waals surface area contributed by atoms with Crippen LogP contribution in [0.3, 0.4) is 0 Å². The van der Waals surface area contributed by atoms with Crippen molar-refractivity contribution in [2.24, 2.45) is 17.8 Å². The largest absolute Gasteiger partial charge is 0.446 e. The predicted octanol–water partition coefficient (Wildman–Crippen LogP) is 4.86. The lowest BCUT2D eigenvalue weighted by Gasteiger charge is -2.51. The lowest BCUT2D eigenvalue weighted by atomic mass is 9.58. The van der Waals surface area contributed by atoms with E-state index in [9.17, 15) is 9.59 Å². The molecule has 9 heteroatoms. The van der Waals surface area contributed by atoms with Gasteiger partial charge in [-0.05, 0) is 87.9 Å².